The van der Waals surface area contributed by atoms with Crippen molar-refractivity contribution < 1.29 is 23.5 Å². The third kappa shape index (κ3) is 7.28. The van der Waals surface area contributed by atoms with Gasteiger partial charge in [-0.15, -0.1) is 0 Å². The van der Waals surface area contributed by atoms with Crippen LogP contribution in [0.2, 0.25) is 0 Å². The molecule has 0 spiro atoms. The molecule has 0 unspecified atom stereocenters. The predicted molar refractivity (Wildman–Crippen MR) is 140 cm³/mol. The summed E-state index contributed by atoms with van der Waals surface area (Å²) in [5.41, 5.74) is 1.50. The number of fused-ring (bicyclic) bond motifs is 1. The van der Waals surface area contributed by atoms with E-state index in [0.29, 0.717) is 43.9 Å². The summed E-state index contributed by atoms with van der Waals surface area (Å²) in [5.74, 6) is -0.421. The van der Waals surface area contributed by atoms with Crippen LogP contribution in [0, 0.1) is 11.7 Å². The summed E-state index contributed by atoms with van der Waals surface area (Å²) in [4.78, 5) is 45.6. The molecular weight excluding hydrogens is 489 g/mol. The topological polar surface area (TPSA) is 113 Å². The number of carbonyl (C=O) groups is 3. The molecule has 0 saturated heterocycles. The number of aryl methyl sites for hydroxylation is 1. The number of carbonyl (C=O) groups excluding carboxylic acids is 3. The van der Waals surface area contributed by atoms with Crippen LogP contribution in [-0.2, 0) is 27.2 Å². The lowest BCUT2D eigenvalue weighted by molar-refractivity contribution is -0.141. The normalized spacial score (nSPS) is 24.3. The summed E-state index contributed by atoms with van der Waals surface area (Å²) < 4.78 is 19.4. The van der Waals surface area contributed by atoms with Gasteiger partial charge in [-0.05, 0) is 68.4 Å². The quantitative estimate of drug-likeness (QED) is 0.561. The van der Waals surface area contributed by atoms with Crippen LogP contribution in [0.25, 0.3) is 0 Å². The largest absolute Gasteiger partial charge is 0.490 e. The van der Waals surface area contributed by atoms with E-state index in [1.54, 1.807) is 32.3 Å². The van der Waals surface area contributed by atoms with Crippen molar-refractivity contribution in [2.24, 2.45) is 5.92 Å². The Morgan fingerprint density at radius 3 is 2.58 bits per heavy atom. The number of hydrogen-bond acceptors (Lipinski definition) is 6. The second-order valence-corrected chi connectivity index (χ2v) is 9.98. The van der Waals surface area contributed by atoms with E-state index in [0.717, 1.165) is 18.5 Å². The number of benzene rings is 1. The maximum atomic E-state index is 13.4. The molecule has 3 N–H and O–H groups in total. The Morgan fingerprint density at radius 1 is 1.08 bits per heavy atom. The van der Waals surface area contributed by atoms with Gasteiger partial charge in [-0.25, -0.2) is 4.39 Å². The predicted octanol–water partition coefficient (Wildman–Crippen LogP) is 1.60. The molecule has 2 aromatic rings. The molecule has 0 bridgehead atoms. The van der Waals surface area contributed by atoms with Crippen molar-refractivity contribution in [3.8, 4) is 5.75 Å². The number of nitrogens with zero attached hydrogens (tertiary/aromatic N) is 2. The number of hydrogen-bond donors (Lipinski definition) is 3. The van der Waals surface area contributed by atoms with E-state index in [1.165, 1.54) is 17.0 Å². The van der Waals surface area contributed by atoms with Crippen molar-refractivity contribution in [1.82, 2.24) is 25.8 Å². The maximum absolute atomic E-state index is 13.4. The van der Waals surface area contributed by atoms with Gasteiger partial charge in [0, 0.05) is 32.8 Å². The molecule has 1 aromatic heterocycles. The molecule has 204 valence electrons. The number of rotatable bonds is 3. The van der Waals surface area contributed by atoms with E-state index < -0.39 is 24.0 Å². The van der Waals surface area contributed by atoms with Crippen molar-refractivity contribution in [2.75, 3.05) is 26.7 Å². The van der Waals surface area contributed by atoms with Gasteiger partial charge >= 0.3 is 0 Å². The van der Waals surface area contributed by atoms with Gasteiger partial charge in [-0.3, -0.25) is 19.4 Å². The maximum Gasteiger partial charge on any atom is 0.243 e. The average molecular weight is 526 g/mol. The Kier molecular flexibility index (Phi) is 9.28. The van der Waals surface area contributed by atoms with Crippen molar-refractivity contribution in [2.45, 2.75) is 57.2 Å². The molecule has 9 nitrogen and oxygen atoms in total. The lowest BCUT2D eigenvalue weighted by Crippen LogP contribution is -2.56. The van der Waals surface area contributed by atoms with Crippen LogP contribution in [0.3, 0.4) is 0 Å². The van der Waals surface area contributed by atoms with Crippen molar-refractivity contribution in [3.63, 3.8) is 0 Å². The second-order valence-electron chi connectivity index (χ2n) is 9.98. The summed E-state index contributed by atoms with van der Waals surface area (Å²) in [6, 6.07) is 7.42. The summed E-state index contributed by atoms with van der Waals surface area (Å²) in [7, 11) is 1.61. The molecule has 10 heteroatoms. The van der Waals surface area contributed by atoms with Gasteiger partial charge in [0.1, 0.15) is 30.3 Å². The fourth-order valence-electron chi connectivity index (χ4n) is 4.54. The van der Waals surface area contributed by atoms with Gasteiger partial charge in [-0.2, -0.15) is 0 Å². The molecule has 1 fully saturated rings. The number of amides is 3. The van der Waals surface area contributed by atoms with E-state index >= 15 is 0 Å². The Labute approximate surface area is 222 Å². The van der Waals surface area contributed by atoms with Crippen molar-refractivity contribution in [3.05, 3.63) is 59.7 Å². The van der Waals surface area contributed by atoms with Crippen LogP contribution in [-0.4, -0.2) is 72.5 Å². The number of ether oxygens (including phenoxy) is 1. The zero-order chi connectivity index (χ0) is 27.1. The van der Waals surface area contributed by atoms with Gasteiger partial charge in [0.2, 0.25) is 17.7 Å². The Hall–Kier alpha value is -3.53. The summed E-state index contributed by atoms with van der Waals surface area (Å²) in [6.07, 6.45) is 5.03. The van der Waals surface area contributed by atoms with Crippen LogP contribution in [0.5, 0.6) is 5.75 Å². The Balaban J connectivity index is 1.54. The molecular formula is C28H36FN5O4. The standard InChI is InChI=1S/C28H36FN5O4/c1-18-26(35)33-23(17-19-7-11-21(29)12-8-19)27(36)32-14-3-5-22-24(6-4-13-30-22)38-16-15-31-25(20-9-10-20)28(37)34(18)2/h4,6-8,11-13,18,20,23,25,31H,3,5,9-10,14-17H2,1-2H3,(H,32,36)(H,33,35)/t18-,23-,25+/m1/s1. The highest BCUT2D eigenvalue weighted by Crippen LogP contribution is 2.33. The van der Waals surface area contributed by atoms with Gasteiger partial charge < -0.3 is 25.6 Å². The van der Waals surface area contributed by atoms with Crippen molar-refractivity contribution in [1.29, 1.82) is 0 Å². The van der Waals surface area contributed by atoms with Gasteiger partial charge in [0.05, 0.1) is 11.7 Å². The zero-order valence-corrected chi connectivity index (χ0v) is 21.9. The molecule has 2 heterocycles. The molecule has 0 radical (unpaired) electrons. The van der Waals surface area contributed by atoms with Gasteiger partial charge in [0.25, 0.3) is 0 Å². The smallest absolute Gasteiger partial charge is 0.243 e. The summed E-state index contributed by atoms with van der Waals surface area (Å²) >= 11 is 0. The van der Waals surface area contributed by atoms with E-state index in [4.69, 9.17) is 4.74 Å². The molecule has 3 atom stereocenters. The fourth-order valence-corrected chi connectivity index (χ4v) is 4.54. The SMILES string of the molecule is C[C@@H]1C(=O)N[C@H](Cc2ccc(F)cc2)C(=O)NCCCc2ncccc2OCCN[C@@H](C2CC2)C(=O)N1C. The number of nitrogens with one attached hydrogen (secondary N) is 3. The van der Waals surface area contributed by atoms with Crippen LogP contribution in [0.1, 0.15) is 37.4 Å². The first-order valence-electron chi connectivity index (χ1n) is 13.2. The fraction of sp³-hybridized carbons (Fsp3) is 0.500. The molecule has 1 aliphatic heterocycles. The Bertz CT molecular complexity index is 1120. The molecule has 1 saturated carbocycles. The first kappa shape index (κ1) is 27.5. The van der Waals surface area contributed by atoms with Crippen LogP contribution >= 0.6 is 0 Å². The highest BCUT2D eigenvalue weighted by molar-refractivity contribution is 5.93. The lowest BCUT2D eigenvalue weighted by Gasteiger charge is -2.30. The first-order chi connectivity index (χ1) is 18.3. The highest BCUT2D eigenvalue weighted by Gasteiger charge is 2.39. The molecule has 1 aromatic carbocycles. The van der Waals surface area contributed by atoms with Gasteiger partial charge in [0.15, 0.2) is 0 Å². The van der Waals surface area contributed by atoms with E-state index in [2.05, 4.69) is 20.9 Å². The van der Waals surface area contributed by atoms with E-state index in [-0.39, 0.29) is 30.0 Å². The minimum atomic E-state index is -0.885. The van der Waals surface area contributed by atoms with E-state index in [9.17, 15) is 18.8 Å². The van der Waals surface area contributed by atoms with Crippen LogP contribution < -0.4 is 20.7 Å². The molecule has 38 heavy (non-hydrogen) atoms. The minimum absolute atomic E-state index is 0.169. The number of pyridine rings is 1. The second kappa shape index (κ2) is 12.8. The van der Waals surface area contributed by atoms with Gasteiger partial charge in [-0.1, -0.05) is 12.1 Å². The minimum Gasteiger partial charge on any atom is -0.490 e. The zero-order valence-electron chi connectivity index (χ0n) is 21.9. The molecule has 2 aliphatic rings. The third-order valence-corrected chi connectivity index (χ3v) is 7.12. The lowest BCUT2D eigenvalue weighted by atomic mass is 10.0. The molecule has 1 aliphatic carbocycles. The number of aromatic nitrogens is 1. The summed E-state index contributed by atoms with van der Waals surface area (Å²) in [6.45, 7) is 2.88. The monoisotopic (exact) mass is 525 g/mol. The van der Waals surface area contributed by atoms with Crippen LogP contribution in [0.15, 0.2) is 42.6 Å². The van der Waals surface area contributed by atoms with E-state index in [1.807, 2.05) is 12.1 Å². The molecule has 3 amide bonds. The average Bonchev–Trinajstić information content (AvgIpc) is 3.76. The third-order valence-electron chi connectivity index (χ3n) is 7.12. The first-order valence-corrected chi connectivity index (χ1v) is 13.2. The number of halogens is 1. The highest BCUT2D eigenvalue weighted by atomic mass is 19.1. The molecule has 4 rings (SSSR count). The number of likely N-dealkylation sites (N-methyl/N-ethyl adjacent to an activating group) is 1. The summed E-state index contributed by atoms with van der Waals surface area (Å²) in [5, 5.41) is 9.04. The van der Waals surface area contributed by atoms with Crippen LogP contribution in [0.4, 0.5) is 4.39 Å². The van der Waals surface area contributed by atoms with Crippen molar-refractivity contribution >= 4 is 17.7 Å². The Morgan fingerprint density at radius 2 is 1.84 bits per heavy atom.